The van der Waals surface area contributed by atoms with Gasteiger partial charge in [0, 0.05) is 31.7 Å². The third kappa shape index (κ3) is 2.88. The van der Waals surface area contributed by atoms with Gasteiger partial charge in [0.05, 0.1) is 22.9 Å². The minimum atomic E-state index is -0.214. The molecule has 0 atom stereocenters. The third-order valence-corrected chi connectivity index (χ3v) is 4.66. The zero-order chi connectivity index (χ0) is 18.1. The van der Waals surface area contributed by atoms with E-state index in [1.54, 1.807) is 46.5 Å². The summed E-state index contributed by atoms with van der Waals surface area (Å²) >= 11 is 0. The number of H-pyrrole nitrogens is 1. The number of phenolic OH excluding ortho intramolecular Hbond substituents is 1. The lowest BCUT2D eigenvalue weighted by Crippen LogP contribution is -2.50. The molecule has 1 saturated heterocycles. The van der Waals surface area contributed by atoms with E-state index in [0.29, 0.717) is 31.7 Å². The van der Waals surface area contributed by atoms with E-state index < -0.39 is 0 Å². The average Bonchev–Trinajstić information content (AvgIpc) is 3.15. The van der Waals surface area contributed by atoms with Gasteiger partial charge in [-0.1, -0.05) is 12.1 Å². The molecule has 1 fully saturated rings. The highest BCUT2D eigenvalue weighted by Crippen LogP contribution is 2.20. The molecule has 1 aliphatic heterocycles. The van der Waals surface area contributed by atoms with E-state index >= 15 is 0 Å². The molecule has 0 aliphatic carbocycles. The Bertz CT molecular complexity index is 974. The van der Waals surface area contributed by atoms with Crippen molar-refractivity contribution in [2.45, 2.75) is 0 Å². The Morgan fingerprint density at radius 3 is 2.38 bits per heavy atom. The molecule has 2 aromatic carbocycles. The number of aromatic nitrogens is 2. The van der Waals surface area contributed by atoms with Gasteiger partial charge in [-0.2, -0.15) is 0 Å². The highest BCUT2D eigenvalue weighted by molar-refractivity contribution is 5.98. The minimum Gasteiger partial charge on any atom is -0.507 e. The number of nitrogens with zero attached hydrogens (tertiary/aromatic N) is 3. The van der Waals surface area contributed by atoms with Crippen LogP contribution in [0.4, 0.5) is 0 Å². The summed E-state index contributed by atoms with van der Waals surface area (Å²) in [6.07, 6.45) is 1.60. The van der Waals surface area contributed by atoms with E-state index in [2.05, 4.69) is 9.97 Å². The van der Waals surface area contributed by atoms with Crippen LogP contribution in [-0.2, 0) is 0 Å². The van der Waals surface area contributed by atoms with Gasteiger partial charge >= 0.3 is 0 Å². The molecule has 4 rings (SSSR count). The molecule has 3 aromatic rings. The lowest BCUT2D eigenvalue weighted by atomic mass is 10.1. The van der Waals surface area contributed by atoms with Gasteiger partial charge in [0.25, 0.3) is 11.8 Å². The maximum absolute atomic E-state index is 12.7. The molecule has 0 radical (unpaired) electrons. The molecule has 1 aliphatic rings. The van der Waals surface area contributed by atoms with Crippen LogP contribution in [0.15, 0.2) is 48.8 Å². The monoisotopic (exact) mass is 350 g/mol. The van der Waals surface area contributed by atoms with E-state index in [1.165, 1.54) is 6.07 Å². The van der Waals surface area contributed by atoms with Crippen molar-refractivity contribution in [3.63, 3.8) is 0 Å². The predicted molar refractivity (Wildman–Crippen MR) is 96.0 cm³/mol. The number of fused-ring (bicyclic) bond motifs is 1. The Labute approximate surface area is 149 Å². The van der Waals surface area contributed by atoms with Crippen molar-refractivity contribution in [3.8, 4) is 5.75 Å². The molecule has 1 aromatic heterocycles. The van der Waals surface area contributed by atoms with E-state index in [4.69, 9.17) is 0 Å². The summed E-state index contributed by atoms with van der Waals surface area (Å²) in [6, 6.07) is 11.9. The number of hydrogen-bond donors (Lipinski definition) is 2. The van der Waals surface area contributed by atoms with E-state index in [9.17, 15) is 14.7 Å². The average molecular weight is 350 g/mol. The number of benzene rings is 2. The number of aromatic amines is 1. The lowest BCUT2D eigenvalue weighted by Gasteiger charge is -2.35. The molecule has 0 unspecified atom stereocenters. The SMILES string of the molecule is O=C(c1ccc2nc[nH]c2c1)N1CCN(C(=O)c2ccccc2O)CC1. The van der Waals surface area contributed by atoms with Gasteiger partial charge in [0.2, 0.25) is 0 Å². The molecule has 2 N–H and O–H groups in total. The summed E-state index contributed by atoms with van der Waals surface area (Å²) in [6.45, 7) is 1.79. The first-order valence-corrected chi connectivity index (χ1v) is 8.43. The van der Waals surface area contributed by atoms with Crippen LogP contribution in [0.5, 0.6) is 5.75 Å². The molecule has 7 heteroatoms. The predicted octanol–water partition coefficient (Wildman–Crippen LogP) is 1.87. The van der Waals surface area contributed by atoms with Crippen LogP contribution in [0.3, 0.4) is 0 Å². The van der Waals surface area contributed by atoms with Crippen molar-refractivity contribution in [2.75, 3.05) is 26.2 Å². The largest absolute Gasteiger partial charge is 0.507 e. The summed E-state index contributed by atoms with van der Waals surface area (Å²) < 4.78 is 0. The Morgan fingerprint density at radius 2 is 1.65 bits per heavy atom. The normalized spacial score (nSPS) is 14.6. The Hall–Kier alpha value is -3.35. The molecule has 7 nitrogen and oxygen atoms in total. The van der Waals surface area contributed by atoms with Crippen molar-refractivity contribution in [3.05, 3.63) is 59.9 Å². The van der Waals surface area contributed by atoms with E-state index in [1.807, 2.05) is 6.07 Å². The standard InChI is InChI=1S/C19H18N4O3/c24-17-4-2-1-3-14(17)19(26)23-9-7-22(8-10-23)18(25)13-5-6-15-16(11-13)21-12-20-15/h1-6,11-12,24H,7-10H2,(H,20,21). The highest BCUT2D eigenvalue weighted by Gasteiger charge is 2.26. The second kappa shape index (κ2) is 6.51. The number of imidazole rings is 1. The zero-order valence-corrected chi connectivity index (χ0v) is 14.1. The van der Waals surface area contributed by atoms with Crippen LogP contribution in [0.1, 0.15) is 20.7 Å². The van der Waals surface area contributed by atoms with Crippen LogP contribution in [0, 0.1) is 0 Å². The zero-order valence-electron chi connectivity index (χ0n) is 14.1. The number of phenols is 1. The van der Waals surface area contributed by atoms with Gasteiger partial charge in [-0.3, -0.25) is 9.59 Å². The Balaban J connectivity index is 1.43. The smallest absolute Gasteiger partial charge is 0.257 e. The van der Waals surface area contributed by atoms with Gasteiger partial charge in [-0.25, -0.2) is 4.98 Å². The summed E-state index contributed by atoms with van der Waals surface area (Å²) in [5, 5.41) is 9.85. The lowest BCUT2D eigenvalue weighted by molar-refractivity contribution is 0.0534. The van der Waals surface area contributed by atoms with Gasteiger partial charge in [-0.15, -0.1) is 0 Å². The topological polar surface area (TPSA) is 89.5 Å². The summed E-state index contributed by atoms with van der Waals surface area (Å²) in [5.41, 5.74) is 2.53. The minimum absolute atomic E-state index is 0.0242. The number of aromatic hydroxyl groups is 1. The molecular weight excluding hydrogens is 332 g/mol. The van der Waals surface area contributed by atoms with Crippen LogP contribution >= 0.6 is 0 Å². The Kier molecular flexibility index (Phi) is 4.04. The van der Waals surface area contributed by atoms with Crippen molar-refractivity contribution >= 4 is 22.8 Å². The maximum atomic E-state index is 12.7. The highest BCUT2D eigenvalue weighted by atomic mass is 16.3. The summed E-state index contributed by atoms with van der Waals surface area (Å²) in [4.78, 5) is 35.8. The summed E-state index contributed by atoms with van der Waals surface area (Å²) in [7, 11) is 0. The first-order valence-electron chi connectivity index (χ1n) is 8.43. The van der Waals surface area contributed by atoms with Gasteiger partial charge in [0.1, 0.15) is 5.75 Å². The quantitative estimate of drug-likeness (QED) is 0.738. The van der Waals surface area contributed by atoms with E-state index in [0.717, 1.165) is 11.0 Å². The fourth-order valence-electron chi connectivity index (χ4n) is 3.19. The molecule has 26 heavy (non-hydrogen) atoms. The van der Waals surface area contributed by atoms with Crippen molar-refractivity contribution in [1.29, 1.82) is 0 Å². The second-order valence-electron chi connectivity index (χ2n) is 6.24. The Morgan fingerprint density at radius 1 is 0.962 bits per heavy atom. The maximum Gasteiger partial charge on any atom is 0.257 e. The second-order valence-corrected chi connectivity index (χ2v) is 6.24. The van der Waals surface area contributed by atoms with Crippen LogP contribution in [0.2, 0.25) is 0 Å². The van der Waals surface area contributed by atoms with Gasteiger partial charge in [0.15, 0.2) is 0 Å². The number of carbonyl (C=O) groups excluding carboxylic acids is 2. The summed E-state index contributed by atoms with van der Waals surface area (Å²) in [5.74, 6) is -0.297. The number of rotatable bonds is 2. The number of piperazine rings is 1. The first kappa shape index (κ1) is 16.1. The molecule has 2 heterocycles. The molecule has 0 spiro atoms. The molecular formula is C19H18N4O3. The number of hydrogen-bond acceptors (Lipinski definition) is 4. The number of nitrogens with one attached hydrogen (secondary N) is 1. The molecule has 0 bridgehead atoms. The number of para-hydroxylation sites is 1. The van der Waals surface area contributed by atoms with Crippen LogP contribution in [-0.4, -0.2) is 62.9 Å². The van der Waals surface area contributed by atoms with Crippen LogP contribution in [0.25, 0.3) is 11.0 Å². The van der Waals surface area contributed by atoms with Gasteiger partial charge in [-0.05, 0) is 30.3 Å². The van der Waals surface area contributed by atoms with Crippen LogP contribution < -0.4 is 0 Å². The molecule has 0 saturated carbocycles. The van der Waals surface area contributed by atoms with Gasteiger partial charge < -0.3 is 19.9 Å². The number of amides is 2. The van der Waals surface area contributed by atoms with Crippen molar-refractivity contribution < 1.29 is 14.7 Å². The molecule has 2 amide bonds. The number of carbonyl (C=O) groups is 2. The molecule has 132 valence electrons. The fraction of sp³-hybridized carbons (Fsp3) is 0.211. The first-order chi connectivity index (χ1) is 12.6. The van der Waals surface area contributed by atoms with Crippen molar-refractivity contribution in [1.82, 2.24) is 19.8 Å². The third-order valence-electron chi connectivity index (χ3n) is 4.66. The van der Waals surface area contributed by atoms with Crippen molar-refractivity contribution in [2.24, 2.45) is 0 Å². The fourth-order valence-corrected chi connectivity index (χ4v) is 3.19. The van der Waals surface area contributed by atoms with E-state index in [-0.39, 0.29) is 23.1 Å².